The number of carbonyl (C=O) groups is 5. The first-order valence-corrected chi connectivity index (χ1v) is 17.1. The van der Waals surface area contributed by atoms with Crippen LogP contribution in [0.5, 0.6) is 0 Å². The van der Waals surface area contributed by atoms with Gasteiger partial charge in [0.1, 0.15) is 6.04 Å². The van der Waals surface area contributed by atoms with Crippen LogP contribution >= 0.6 is 0 Å². The highest BCUT2D eigenvalue weighted by atomic mass is 16.2. The second-order valence-electron chi connectivity index (χ2n) is 12.9. The van der Waals surface area contributed by atoms with Gasteiger partial charge in [-0.05, 0) is 62.1 Å². The van der Waals surface area contributed by atoms with Crippen LogP contribution in [0.15, 0.2) is 42.5 Å². The van der Waals surface area contributed by atoms with Crippen LogP contribution in [0.3, 0.4) is 0 Å². The van der Waals surface area contributed by atoms with Gasteiger partial charge in [0, 0.05) is 69.5 Å². The first-order chi connectivity index (χ1) is 22.9. The molecule has 1 atom stereocenters. The summed E-state index contributed by atoms with van der Waals surface area (Å²) in [5.74, 6) is -2.04. The zero-order valence-electron chi connectivity index (χ0n) is 27.1. The van der Waals surface area contributed by atoms with Crippen molar-refractivity contribution in [1.82, 2.24) is 26.0 Å². The monoisotopic (exact) mass is 643 g/mol. The molecule has 4 aliphatic rings. The lowest BCUT2D eigenvalue weighted by molar-refractivity contribution is -0.136. The third-order valence-electron chi connectivity index (χ3n) is 9.93. The summed E-state index contributed by atoms with van der Waals surface area (Å²) >= 11 is 0. The van der Waals surface area contributed by atoms with Crippen LogP contribution in [0.1, 0.15) is 89.4 Å². The number of amides is 5. The smallest absolute Gasteiger partial charge is 0.265 e. The average molecular weight is 644 g/mol. The van der Waals surface area contributed by atoms with Crippen molar-refractivity contribution in [3.8, 4) is 0 Å². The molecule has 12 heteroatoms. The van der Waals surface area contributed by atoms with Gasteiger partial charge < -0.3 is 9.80 Å². The Morgan fingerprint density at radius 2 is 1.57 bits per heavy atom. The summed E-state index contributed by atoms with van der Waals surface area (Å²) in [6, 6.07) is 12.6. The molecule has 0 aromatic heterocycles. The van der Waals surface area contributed by atoms with Gasteiger partial charge in [-0.1, -0.05) is 32.3 Å². The molecule has 2 aromatic rings. The Morgan fingerprint density at radius 1 is 0.830 bits per heavy atom. The predicted octanol–water partition coefficient (Wildman–Crippen LogP) is 2.69. The molecule has 0 bridgehead atoms. The summed E-state index contributed by atoms with van der Waals surface area (Å²) in [7, 11) is 0. The standard InChI is InChI=1S/C35H45N7O5/c1-2-3-4-5-17-36-38-32(44)24-9-11-25(12-10-24)39-18-15-26(16-19-39)40-20-22-41(23-21-40)28-8-6-7-27-31(28)35(47)42(34(27)46)29-13-14-30(43)37-33(29)45/h6-12,26,29,36H,2-5,13-23H2,1H3,(H,38,44)(H,37,43,45). The minimum Gasteiger partial charge on any atom is -0.371 e. The lowest BCUT2D eigenvalue weighted by atomic mass is 10.0. The molecule has 0 saturated carbocycles. The van der Waals surface area contributed by atoms with Crippen molar-refractivity contribution in [2.24, 2.45) is 0 Å². The van der Waals surface area contributed by atoms with E-state index < -0.39 is 23.8 Å². The van der Waals surface area contributed by atoms with Gasteiger partial charge >= 0.3 is 0 Å². The number of carbonyl (C=O) groups excluding carboxylic acids is 5. The molecule has 0 spiro atoms. The lowest BCUT2D eigenvalue weighted by Gasteiger charge is -2.44. The molecule has 0 radical (unpaired) electrons. The van der Waals surface area contributed by atoms with E-state index in [2.05, 4.69) is 37.8 Å². The highest BCUT2D eigenvalue weighted by molar-refractivity contribution is 6.25. The zero-order chi connectivity index (χ0) is 32.9. The van der Waals surface area contributed by atoms with Crippen molar-refractivity contribution >= 4 is 40.9 Å². The molecule has 3 N–H and O–H groups in total. The van der Waals surface area contributed by atoms with Crippen LogP contribution in [0.4, 0.5) is 11.4 Å². The van der Waals surface area contributed by atoms with E-state index in [0.29, 0.717) is 22.7 Å². The Morgan fingerprint density at radius 3 is 2.28 bits per heavy atom. The SMILES string of the molecule is CCCCCCNNC(=O)c1ccc(N2CCC(N3CCN(c4cccc5c4C(=O)N(C4CCC(=O)NC4=O)C5=O)CC3)CC2)cc1. The number of nitrogens with zero attached hydrogens (tertiary/aromatic N) is 4. The van der Waals surface area contributed by atoms with Crippen LogP contribution in [0.25, 0.3) is 0 Å². The van der Waals surface area contributed by atoms with Crippen LogP contribution in [-0.2, 0) is 9.59 Å². The van der Waals surface area contributed by atoms with Crippen LogP contribution in [0, 0.1) is 0 Å². The van der Waals surface area contributed by atoms with Gasteiger partial charge in [0.2, 0.25) is 11.8 Å². The van der Waals surface area contributed by atoms with E-state index in [1.54, 1.807) is 12.1 Å². The molecule has 12 nitrogen and oxygen atoms in total. The van der Waals surface area contributed by atoms with Crippen molar-refractivity contribution in [1.29, 1.82) is 0 Å². The highest BCUT2D eigenvalue weighted by Gasteiger charge is 2.46. The zero-order valence-corrected chi connectivity index (χ0v) is 27.1. The molecule has 2 aromatic carbocycles. The van der Waals surface area contributed by atoms with Crippen molar-refractivity contribution in [3.05, 3.63) is 59.2 Å². The number of hydrogen-bond acceptors (Lipinski definition) is 9. The predicted molar refractivity (Wildman–Crippen MR) is 178 cm³/mol. The quantitative estimate of drug-likeness (QED) is 0.192. The van der Waals surface area contributed by atoms with E-state index in [4.69, 9.17) is 0 Å². The minimum atomic E-state index is -0.972. The van der Waals surface area contributed by atoms with Crippen molar-refractivity contribution in [2.75, 3.05) is 55.6 Å². The number of anilines is 2. The topological polar surface area (TPSA) is 134 Å². The summed E-state index contributed by atoms with van der Waals surface area (Å²) in [4.78, 5) is 71.6. The fraction of sp³-hybridized carbons (Fsp3) is 0.514. The fourth-order valence-corrected chi connectivity index (χ4v) is 7.26. The first kappa shape index (κ1) is 32.6. The Bertz CT molecular complexity index is 1500. The number of benzene rings is 2. The van der Waals surface area contributed by atoms with Gasteiger partial charge in [0.05, 0.1) is 16.8 Å². The Hall–Kier alpha value is -4.29. The minimum absolute atomic E-state index is 0.0971. The van der Waals surface area contributed by atoms with Crippen LogP contribution < -0.4 is 26.0 Å². The van der Waals surface area contributed by atoms with E-state index >= 15 is 0 Å². The highest BCUT2D eigenvalue weighted by Crippen LogP contribution is 2.35. The van der Waals surface area contributed by atoms with Gasteiger partial charge in [-0.25, -0.2) is 5.43 Å². The Kier molecular flexibility index (Phi) is 10.2. The third-order valence-corrected chi connectivity index (χ3v) is 9.93. The fourth-order valence-electron chi connectivity index (χ4n) is 7.26. The molecule has 3 saturated heterocycles. The largest absolute Gasteiger partial charge is 0.371 e. The molecule has 1 unspecified atom stereocenters. The summed E-state index contributed by atoms with van der Waals surface area (Å²) < 4.78 is 0. The van der Waals surface area contributed by atoms with Crippen molar-refractivity contribution in [2.45, 2.75) is 70.4 Å². The molecule has 6 rings (SSSR count). The summed E-state index contributed by atoms with van der Waals surface area (Å²) in [5.41, 5.74) is 8.99. The van der Waals surface area contributed by atoms with E-state index in [0.717, 1.165) is 87.8 Å². The van der Waals surface area contributed by atoms with Crippen LogP contribution in [0.2, 0.25) is 0 Å². The second kappa shape index (κ2) is 14.6. The third kappa shape index (κ3) is 7.03. The van der Waals surface area contributed by atoms with Gasteiger partial charge in [0.25, 0.3) is 17.7 Å². The lowest BCUT2D eigenvalue weighted by Crippen LogP contribution is -2.54. The summed E-state index contributed by atoms with van der Waals surface area (Å²) in [6.07, 6.45) is 6.93. The average Bonchev–Trinajstić information content (AvgIpc) is 3.35. The molecule has 4 aliphatic heterocycles. The summed E-state index contributed by atoms with van der Waals surface area (Å²) in [5, 5.41) is 2.26. The molecule has 0 aliphatic carbocycles. The van der Waals surface area contributed by atoms with E-state index in [1.165, 1.54) is 12.8 Å². The number of piperazine rings is 1. The first-order valence-electron chi connectivity index (χ1n) is 17.1. The van der Waals surface area contributed by atoms with Crippen molar-refractivity contribution in [3.63, 3.8) is 0 Å². The number of imide groups is 2. The molecule has 4 heterocycles. The molecule has 47 heavy (non-hydrogen) atoms. The van der Waals surface area contributed by atoms with Crippen LogP contribution in [-0.4, -0.2) is 97.2 Å². The number of piperidine rings is 2. The maximum atomic E-state index is 13.6. The van der Waals surface area contributed by atoms with Crippen molar-refractivity contribution < 1.29 is 24.0 Å². The number of rotatable bonds is 11. The number of unbranched alkanes of at least 4 members (excludes halogenated alkanes) is 3. The molecular weight excluding hydrogens is 598 g/mol. The Labute approximate surface area is 275 Å². The maximum Gasteiger partial charge on any atom is 0.265 e. The van der Waals surface area contributed by atoms with Gasteiger partial charge in [-0.2, -0.15) is 0 Å². The maximum absolute atomic E-state index is 13.6. The van der Waals surface area contributed by atoms with E-state index in [1.807, 2.05) is 30.3 Å². The molecule has 250 valence electrons. The van der Waals surface area contributed by atoms with Gasteiger partial charge in [-0.15, -0.1) is 0 Å². The van der Waals surface area contributed by atoms with E-state index in [9.17, 15) is 24.0 Å². The van der Waals surface area contributed by atoms with Gasteiger partial charge in [0.15, 0.2) is 0 Å². The molecule has 5 amide bonds. The molecular formula is C35H45N7O5. The molecule has 3 fully saturated rings. The number of hydrazine groups is 1. The second-order valence-corrected chi connectivity index (χ2v) is 12.9. The van der Waals surface area contributed by atoms with Gasteiger partial charge in [-0.3, -0.25) is 44.5 Å². The number of hydrogen-bond donors (Lipinski definition) is 3. The number of nitrogens with one attached hydrogen (secondary N) is 3. The normalized spacial score (nSPS) is 20.9. The Balaban J connectivity index is 0.987. The van der Waals surface area contributed by atoms with E-state index in [-0.39, 0.29) is 24.7 Å². The number of fused-ring (bicyclic) bond motifs is 1. The summed E-state index contributed by atoms with van der Waals surface area (Å²) in [6.45, 7) is 7.99.